The molecule has 0 spiro atoms. The highest BCUT2D eigenvalue weighted by Crippen LogP contribution is 2.36. The lowest BCUT2D eigenvalue weighted by molar-refractivity contribution is 0.182. The molecule has 1 unspecified atom stereocenters. The predicted octanol–water partition coefficient (Wildman–Crippen LogP) is 4.88. The van der Waals surface area contributed by atoms with Crippen LogP contribution in [0.4, 0.5) is 0 Å². The second-order valence-electron chi connectivity index (χ2n) is 5.50. The highest BCUT2D eigenvalue weighted by molar-refractivity contribution is 9.10. The van der Waals surface area contributed by atoms with E-state index in [4.69, 9.17) is 4.74 Å². The van der Waals surface area contributed by atoms with Crippen LogP contribution in [0.2, 0.25) is 0 Å². The van der Waals surface area contributed by atoms with Crippen LogP contribution in [0.5, 0.6) is 0 Å². The third-order valence-corrected chi connectivity index (χ3v) is 5.95. The molecule has 1 heterocycles. The van der Waals surface area contributed by atoms with Crippen LogP contribution in [-0.4, -0.2) is 26.8 Å². The Morgan fingerprint density at radius 1 is 1.40 bits per heavy atom. The fraction of sp³-hybridized carbons (Fsp3) is 0.750. The molecule has 116 valence electrons. The number of halogens is 1. The molecule has 1 aromatic rings. The quantitative estimate of drug-likeness (QED) is 0.567. The van der Waals surface area contributed by atoms with Gasteiger partial charge in [0.05, 0.1) is 6.61 Å². The van der Waals surface area contributed by atoms with Crippen LogP contribution in [0, 0.1) is 5.41 Å². The second-order valence-corrected chi connectivity index (χ2v) is 7.35. The molecule has 20 heavy (non-hydrogen) atoms. The highest BCUT2D eigenvalue weighted by Gasteiger charge is 2.28. The van der Waals surface area contributed by atoms with Crippen molar-refractivity contribution in [3.8, 4) is 0 Å². The second kappa shape index (κ2) is 9.93. The first-order valence-corrected chi connectivity index (χ1v) is 9.26. The first kappa shape index (κ1) is 18.1. The maximum atomic E-state index is 5.13. The van der Waals surface area contributed by atoms with Gasteiger partial charge in [-0.05, 0) is 52.1 Å². The van der Waals surface area contributed by atoms with Gasteiger partial charge in [-0.1, -0.05) is 26.7 Å². The minimum Gasteiger partial charge on any atom is -0.383 e. The van der Waals surface area contributed by atoms with E-state index < -0.39 is 0 Å². The monoisotopic (exact) mass is 361 g/mol. The molecule has 0 bridgehead atoms. The summed E-state index contributed by atoms with van der Waals surface area (Å²) in [5.41, 5.74) is 0.372. The molecular weight excluding hydrogens is 334 g/mol. The number of ether oxygens (including phenoxy) is 1. The van der Waals surface area contributed by atoms with Crippen molar-refractivity contribution in [2.24, 2.45) is 5.41 Å². The molecule has 0 aliphatic heterocycles. The van der Waals surface area contributed by atoms with E-state index in [1.54, 1.807) is 7.11 Å². The molecular formula is C16H28BrNOS. The number of nitrogens with one attached hydrogen (secondary N) is 1. The zero-order valence-electron chi connectivity index (χ0n) is 13.0. The molecule has 1 atom stereocenters. The highest BCUT2D eigenvalue weighted by atomic mass is 79.9. The maximum absolute atomic E-state index is 5.13. The van der Waals surface area contributed by atoms with E-state index in [2.05, 4.69) is 46.5 Å². The molecule has 0 aliphatic carbocycles. The lowest BCUT2D eigenvalue weighted by atomic mass is 9.76. The summed E-state index contributed by atoms with van der Waals surface area (Å²) < 4.78 is 6.40. The summed E-state index contributed by atoms with van der Waals surface area (Å²) in [6, 6.07) is 2.17. The molecule has 0 fully saturated rings. The van der Waals surface area contributed by atoms with Crippen LogP contribution in [0.3, 0.4) is 0 Å². The van der Waals surface area contributed by atoms with Crippen molar-refractivity contribution in [1.82, 2.24) is 5.32 Å². The van der Waals surface area contributed by atoms with E-state index in [-0.39, 0.29) is 0 Å². The number of unbranched alkanes of at least 4 members (excludes halogenated alkanes) is 1. The standard InChI is InChI=1S/C16H28BrNOS/c1-4-6-8-16(5-2,13-18-9-10-19-3)12-15-14(17)7-11-20-15/h7,11,18H,4-6,8-10,12-13H2,1-3H3. The van der Waals surface area contributed by atoms with E-state index in [9.17, 15) is 0 Å². The SMILES string of the molecule is CCCCC(CC)(CNCCOC)Cc1sccc1Br. The minimum atomic E-state index is 0.372. The molecule has 0 radical (unpaired) electrons. The number of methoxy groups -OCH3 is 1. The van der Waals surface area contributed by atoms with Gasteiger partial charge in [-0.25, -0.2) is 0 Å². The Kier molecular flexibility index (Phi) is 9.01. The fourth-order valence-corrected chi connectivity index (χ4v) is 4.20. The van der Waals surface area contributed by atoms with Crippen molar-refractivity contribution in [1.29, 1.82) is 0 Å². The lowest BCUT2D eigenvalue weighted by Crippen LogP contribution is -2.37. The van der Waals surface area contributed by atoms with Gasteiger partial charge < -0.3 is 10.1 Å². The van der Waals surface area contributed by atoms with E-state index in [0.29, 0.717) is 5.41 Å². The molecule has 1 aromatic heterocycles. The summed E-state index contributed by atoms with van der Waals surface area (Å²) in [4.78, 5) is 1.48. The van der Waals surface area contributed by atoms with Crippen LogP contribution in [0.25, 0.3) is 0 Å². The fourth-order valence-electron chi connectivity index (χ4n) is 2.54. The van der Waals surface area contributed by atoms with Crippen LogP contribution in [-0.2, 0) is 11.2 Å². The van der Waals surface area contributed by atoms with Crippen molar-refractivity contribution in [3.63, 3.8) is 0 Å². The molecule has 2 nitrogen and oxygen atoms in total. The van der Waals surface area contributed by atoms with Crippen LogP contribution < -0.4 is 5.32 Å². The lowest BCUT2D eigenvalue weighted by Gasteiger charge is -2.33. The third kappa shape index (κ3) is 5.84. The largest absolute Gasteiger partial charge is 0.383 e. The molecule has 0 saturated heterocycles. The topological polar surface area (TPSA) is 21.3 Å². The maximum Gasteiger partial charge on any atom is 0.0587 e. The Morgan fingerprint density at radius 2 is 2.20 bits per heavy atom. The smallest absolute Gasteiger partial charge is 0.0587 e. The first-order chi connectivity index (χ1) is 9.67. The summed E-state index contributed by atoms with van der Waals surface area (Å²) in [7, 11) is 1.76. The van der Waals surface area contributed by atoms with Crippen molar-refractivity contribution >= 4 is 27.3 Å². The van der Waals surface area contributed by atoms with Crippen molar-refractivity contribution < 1.29 is 4.74 Å². The average molecular weight is 362 g/mol. The Hall–Kier alpha value is 0.100. The van der Waals surface area contributed by atoms with Gasteiger partial charge in [-0.3, -0.25) is 0 Å². The zero-order valence-corrected chi connectivity index (χ0v) is 15.4. The third-order valence-electron chi connectivity index (χ3n) is 4.02. The Balaban J connectivity index is 2.68. The Morgan fingerprint density at radius 3 is 2.75 bits per heavy atom. The molecule has 1 N–H and O–H groups in total. The van der Waals surface area contributed by atoms with Crippen molar-refractivity contribution in [3.05, 3.63) is 20.8 Å². The van der Waals surface area contributed by atoms with Gasteiger partial charge in [0.15, 0.2) is 0 Å². The van der Waals surface area contributed by atoms with Gasteiger partial charge in [0, 0.05) is 29.5 Å². The number of hydrogen-bond donors (Lipinski definition) is 1. The molecule has 1 rings (SSSR count). The molecule has 0 saturated carbocycles. The normalized spacial score (nSPS) is 14.4. The summed E-state index contributed by atoms with van der Waals surface area (Å²) in [5.74, 6) is 0. The van der Waals surface area contributed by atoms with Gasteiger partial charge in [0.25, 0.3) is 0 Å². The van der Waals surface area contributed by atoms with Crippen molar-refractivity contribution in [2.75, 3.05) is 26.8 Å². The number of rotatable bonds is 11. The van der Waals surface area contributed by atoms with E-state index in [1.165, 1.54) is 41.5 Å². The van der Waals surface area contributed by atoms with E-state index in [1.807, 2.05) is 11.3 Å². The summed E-state index contributed by atoms with van der Waals surface area (Å²) >= 11 is 5.55. The van der Waals surface area contributed by atoms with Gasteiger partial charge in [0.1, 0.15) is 0 Å². The number of thiophene rings is 1. The van der Waals surface area contributed by atoms with E-state index in [0.717, 1.165) is 19.7 Å². The van der Waals surface area contributed by atoms with Crippen LogP contribution in [0.15, 0.2) is 15.9 Å². The van der Waals surface area contributed by atoms with Gasteiger partial charge in [-0.2, -0.15) is 0 Å². The van der Waals surface area contributed by atoms with Gasteiger partial charge >= 0.3 is 0 Å². The van der Waals surface area contributed by atoms with E-state index >= 15 is 0 Å². The van der Waals surface area contributed by atoms with Crippen LogP contribution in [0.1, 0.15) is 44.4 Å². The zero-order chi connectivity index (χ0) is 14.8. The molecule has 4 heteroatoms. The Bertz CT molecular complexity index is 369. The van der Waals surface area contributed by atoms with Gasteiger partial charge in [-0.15, -0.1) is 11.3 Å². The molecule has 0 aromatic carbocycles. The minimum absolute atomic E-state index is 0.372. The predicted molar refractivity (Wildman–Crippen MR) is 92.7 cm³/mol. The van der Waals surface area contributed by atoms with Gasteiger partial charge in [0.2, 0.25) is 0 Å². The molecule has 0 aliphatic rings. The number of hydrogen-bond acceptors (Lipinski definition) is 3. The average Bonchev–Trinajstić information content (AvgIpc) is 2.86. The first-order valence-electron chi connectivity index (χ1n) is 7.59. The summed E-state index contributed by atoms with van der Waals surface area (Å²) in [6.45, 7) is 7.42. The summed E-state index contributed by atoms with van der Waals surface area (Å²) in [5, 5.41) is 5.76. The van der Waals surface area contributed by atoms with Crippen molar-refractivity contribution in [2.45, 2.75) is 46.0 Å². The Labute approximate surface area is 136 Å². The summed E-state index contributed by atoms with van der Waals surface area (Å²) in [6.07, 6.45) is 6.26. The van der Waals surface area contributed by atoms with Crippen LogP contribution >= 0.6 is 27.3 Å². The molecule has 0 amide bonds.